The highest BCUT2D eigenvalue weighted by molar-refractivity contribution is 7.99. The van der Waals surface area contributed by atoms with Crippen LogP contribution in [0.4, 0.5) is 0 Å². The van der Waals surface area contributed by atoms with E-state index in [1.807, 2.05) is 30.2 Å². The van der Waals surface area contributed by atoms with Crippen LogP contribution < -0.4 is 0 Å². The van der Waals surface area contributed by atoms with Gasteiger partial charge in [-0.3, -0.25) is 4.98 Å². The third kappa shape index (κ3) is 2.83. The largest absolute Gasteiger partial charge is 0.265 e. The summed E-state index contributed by atoms with van der Waals surface area (Å²) in [6, 6.07) is 14.6. The quantitative estimate of drug-likeness (QED) is 0.719. The molecule has 1 atom stereocenters. The van der Waals surface area contributed by atoms with E-state index >= 15 is 0 Å². The monoisotopic (exact) mass is 215 g/mol. The van der Waals surface area contributed by atoms with Crippen LogP contribution in [0.5, 0.6) is 0 Å². The van der Waals surface area contributed by atoms with E-state index in [2.05, 4.69) is 48.3 Å². The standard InChI is InChI=1S/C13H13NS/c1-11(12-7-9-14-10-8-12)15-13-5-3-2-4-6-13/h2-11H,1H3. The smallest absolute Gasteiger partial charge is 0.0317 e. The molecule has 0 aliphatic carbocycles. The molecule has 15 heavy (non-hydrogen) atoms. The molecule has 0 saturated carbocycles. The molecule has 0 saturated heterocycles. The number of pyridine rings is 1. The molecular weight excluding hydrogens is 202 g/mol. The van der Waals surface area contributed by atoms with E-state index in [1.165, 1.54) is 10.5 Å². The molecule has 1 aromatic carbocycles. The third-order valence-electron chi connectivity index (χ3n) is 2.23. The van der Waals surface area contributed by atoms with Gasteiger partial charge in [0.2, 0.25) is 0 Å². The van der Waals surface area contributed by atoms with E-state index in [0.717, 1.165) is 0 Å². The first-order chi connectivity index (χ1) is 7.36. The van der Waals surface area contributed by atoms with Crippen molar-refractivity contribution in [2.75, 3.05) is 0 Å². The minimum Gasteiger partial charge on any atom is -0.265 e. The Morgan fingerprint density at radius 3 is 2.33 bits per heavy atom. The van der Waals surface area contributed by atoms with Crippen molar-refractivity contribution in [1.82, 2.24) is 4.98 Å². The summed E-state index contributed by atoms with van der Waals surface area (Å²) in [4.78, 5) is 5.33. The minimum atomic E-state index is 0.468. The second-order valence-corrected chi connectivity index (χ2v) is 4.77. The lowest BCUT2D eigenvalue weighted by Crippen LogP contribution is -1.87. The van der Waals surface area contributed by atoms with Crippen molar-refractivity contribution in [2.45, 2.75) is 17.1 Å². The Morgan fingerprint density at radius 2 is 1.67 bits per heavy atom. The molecule has 1 heterocycles. The molecule has 1 nitrogen and oxygen atoms in total. The molecule has 2 rings (SSSR count). The number of nitrogens with zero attached hydrogens (tertiary/aromatic N) is 1. The summed E-state index contributed by atoms with van der Waals surface area (Å²) in [7, 11) is 0. The Kier molecular flexibility index (Phi) is 3.41. The summed E-state index contributed by atoms with van der Waals surface area (Å²) in [5.41, 5.74) is 1.32. The zero-order valence-corrected chi connectivity index (χ0v) is 9.45. The van der Waals surface area contributed by atoms with Crippen molar-refractivity contribution in [2.24, 2.45) is 0 Å². The van der Waals surface area contributed by atoms with Gasteiger partial charge in [-0.05, 0) is 36.8 Å². The topological polar surface area (TPSA) is 12.9 Å². The molecule has 0 aliphatic heterocycles. The molecule has 1 unspecified atom stereocenters. The summed E-state index contributed by atoms with van der Waals surface area (Å²) in [6.45, 7) is 2.22. The predicted molar refractivity (Wildman–Crippen MR) is 65.0 cm³/mol. The SMILES string of the molecule is CC(Sc1ccccc1)c1ccncc1. The molecule has 0 amide bonds. The first kappa shape index (κ1) is 10.2. The molecule has 0 radical (unpaired) electrons. The van der Waals surface area contributed by atoms with Crippen LogP contribution in [-0.2, 0) is 0 Å². The summed E-state index contributed by atoms with van der Waals surface area (Å²) < 4.78 is 0. The molecule has 76 valence electrons. The second kappa shape index (κ2) is 4.99. The van der Waals surface area contributed by atoms with Crippen molar-refractivity contribution in [3.8, 4) is 0 Å². The third-order valence-corrected chi connectivity index (χ3v) is 3.40. The fraction of sp³-hybridized carbons (Fsp3) is 0.154. The number of aromatic nitrogens is 1. The molecule has 2 aromatic rings. The van der Waals surface area contributed by atoms with E-state index in [0.29, 0.717) is 5.25 Å². The van der Waals surface area contributed by atoms with E-state index < -0.39 is 0 Å². The van der Waals surface area contributed by atoms with Crippen LogP contribution in [0.1, 0.15) is 17.7 Å². The Hall–Kier alpha value is -1.28. The molecular formula is C13H13NS. The number of hydrogen-bond donors (Lipinski definition) is 0. The van der Waals surface area contributed by atoms with Crippen molar-refractivity contribution >= 4 is 11.8 Å². The van der Waals surface area contributed by atoms with Crippen molar-refractivity contribution in [1.29, 1.82) is 0 Å². The molecule has 0 aliphatic rings. The van der Waals surface area contributed by atoms with Gasteiger partial charge in [-0.1, -0.05) is 18.2 Å². The molecule has 0 bridgehead atoms. The summed E-state index contributed by atoms with van der Waals surface area (Å²) in [5.74, 6) is 0. The lowest BCUT2D eigenvalue weighted by Gasteiger charge is -2.10. The van der Waals surface area contributed by atoms with Gasteiger partial charge in [0.1, 0.15) is 0 Å². The molecule has 0 fully saturated rings. The zero-order valence-electron chi connectivity index (χ0n) is 8.63. The zero-order chi connectivity index (χ0) is 10.5. The van der Waals surface area contributed by atoms with Gasteiger partial charge in [-0.2, -0.15) is 0 Å². The summed E-state index contributed by atoms with van der Waals surface area (Å²) >= 11 is 1.87. The Labute approximate surface area is 94.6 Å². The fourth-order valence-electron chi connectivity index (χ4n) is 1.41. The Morgan fingerprint density at radius 1 is 1.00 bits per heavy atom. The lowest BCUT2D eigenvalue weighted by atomic mass is 10.2. The number of thioether (sulfide) groups is 1. The van der Waals surface area contributed by atoms with Gasteiger partial charge in [-0.15, -0.1) is 11.8 Å². The molecule has 1 aromatic heterocycles. The number of hydrogen-bond acceptors (Lipinski definition) is 2. The molecule has 2 heteroatoms. The van der Waals surface area contributed by atoms with Crippen LogP contribution in [-0.4, -0.2) is 4.98 Å². The van der Waals surface area contributed by atoms with Crippen LogP contribution in [0, 0.1) is 0 Å². The first-order valence-electron chi connectivity index (χ1n) is 4.98. The normalized spacial score (nSPS) is 12.3. The van der Waals surface area contributed by atoms with E-state index in [-0.39, 0.29) is 0 Å². The summed E-state index contributed by atoms with van der Waals surface area (Å²) in [5, 5.41) is 0.468. The van der Waals surface area contributed by atoms with E-state index in [9.17, 15) is 0 Å². The van der Waals surface area contributed by atoms with Crippen LogP contribution in [0.25, 0.3) is 0 Å². The highest BCUT2D eigenvalue weighted by Gasteiger charge is 2.05. The van der Waals surface area contributed by atoms with Gasteiger partial charge >= 0.3 is 0 Å². The van der Waals surface area contributed by atoms with Crippen LogP contribution in [0.3, 0.4) is 0 Å². The fourth-order valence-corrected chi connectivity index (χ4v) is 2.42. The maximum absolute atomic E-state index is 4.03. The van der Waals surface area contributed by atoms with Gasteiger partial charge < -0.3 is 0 Å². The second-order valence-electron chi connectivity index (χ2n) is 3.35. The van der Waals surface area contributed by atoms with Crippen molar-refractivity contribution in [3.63, 3.8) is 0 Å². The minimum absolute atomic E-state index is 0.468. The Bertz CT molecular complexity index is 399. The number of rotatable bonds is 3. The average Bonchev–Trinajstić information content (AvgIpc) is 2.31. The lowest BCUT2D eigenvalue weighted by molar-refractivity contribution is 1.08. The summed E-state index contributed by atoms with van der Waals surface area (Å²) in [6.07, 6.45) is 3.69. The van der Waals surface area contributed by atoms with Gasteiger partial charge in [0.15, 0.2) is 0 Å². The average molecular weight is 215 g/mol. The Balaban J connectivity index is 2.08. The van der Waals surface area contributed by atoms with Crippen LogP contribution in [0.2, 0.25) is 0 Å². The highest BCUT2D eigenvalue weighted by atomic mass is 32.2. The van der Waals surface area contributed by atoms with Gasteiger partial charge in [0.05, 0.1) is 0 Å². The first-order valence-corrected chi connectivity index (χ1v) is 5.86. The van der Waals surface area contributed by atoms with Crippen LogP contribution >= 0.6 is 11.8 Å². The highest BCUT2D eigenvalue weighted by Crippen LogP contribution is 2.33. The molecule has 0 spiro atoms. The van der Waals surface area contributed by atoms with Gasteiger partial charge in [-0.25, -0.2) is 0 Å². The van der Waals surface area contributed by atoms with Crippen molar-refractivity contribution in [3.05, 3.63) is 60.4 Å². The van der Waals surface area contributed by atoms with Gasteiger partial charge in [0.25, 0.3) is 0 Å². The predicted octanol–water partition coefficient (Wildman–Crippen LogP) is 3.93. The maximum atomic E-state index is 4.03. The maximum Gasteiger partial charge on any atom is 0.0317 e. The van der Waals surface area contributed by atoms with E-state index in [4.69, 9.17) is 0 Å². The van der Waals surface area contributed by atoms with Crippen molar-refractivity contribution < 1.29 is 0 Å². The van der Waals surface area contributed by atoms with Gasteiger partial charge in [0, 0.05) is 22.5 Å². The number of benzene rings is 1. The van der Waals surface area contributed by atoms with E-state index in [1.54, 1.807) is 0 Å². The molecule has 0 N–H and O–H groups in total. The van der Waals surface area contributed by atoms with Crippen LogP contribution in [0.15, 0.2) is 59.8 Å².